The molecule has 0 radical (unpaired) electrons. The first kappa shape index (κ1) is 24.3. The van der Waals surface area contributed by atoms with Gasteiger partial charge in [0, 0.05) is 5.25 Å². The highest BCUT2D eigenvalue weighted by Crippen LogP contribution is 2.41. The zero-order chi connectivity index (χ0) is 22.5. The van der Waals surface area contributed by atoms with E-state index in [1.807, 2.05) is 18.2 Å². The molecule has 1 aliphatic carbocycles. The molecule has 0 saturated heterocycles. The number of hydrogen-bond acceptors (Lipinski definition) is 5. The van der Waals surface area contributed by atoms with Gasteiger partial charge in [0.15, 0.2) is 10.7 Å². The standard InChI is InChI=1S/C15H15Cl2N3O2S.C2HF3O2/c16-11-6-3-9(7-12(11)17)8-1-4-10(5-2-8)23-14-13(15(21)22)18-20-19-14;3-2(4,5)1(6)7/h3,6-8,10H,1-2,4-5H2,(H,21,22)(H,18,19,20);(H,6,7)/t8-,10+;. The van der Waals surface area contributed by atoms with E-state index in [-0.39, 0.29) is 5.69 Å². The molecule has 3 rings (SSSR count). The molecule has 0 amide bonds. The number of alkyl halides is 3. The molecule has 164 valence electrons. The van der Waals surface area contributed by atoms with Crippen LogP contribution in [0.15, 0.2) is 23.2 Å². The van der Waals surface area contributed by atoms with Gasteiger partial charge >= 0.3 is 18.1 Å². The van der Waals surface area contributed by atoms with Gasteiger partial charge in [-0.05, 0) is 49.3 Å². The van der Waals surface area contributed by atoms with Gasteiger partial charge in [-0.2, -0.15) is 13.2 Å². The Morgan fingerprint density at radius 3 is 2.20 bits per heavy atom. The summed E-state index contributed by atoms with van der Waals surface area (Å²) in [6.07, 6.45) is -1.01. The zero-order valence-electron chi connectivity index (χ0n) is 15.1. The lowest BCUT2D eigenvalue weighted by atomic mass is 9.84. The lowest BCUT2D eigenvalue weighted by Crippen LogP contribution is -2.21. The Labute approximate surface area is 182 Å². The molecule has 0 unspecified atom stereocenters. The van der Waals surface area contributed by atoms with E-state index in [0.717, 1.165) is 25.7 Å². The van der Waals surface area contributed by atoms with E-state index in [0.29, 0.717) is 26.2 Å². The molecule has 1 aliphatic rings. The minimum Gasteiger partial charge on any atom is -0.476 e. The Bertz CT molecular complexity index is 903. The fourth-order valence-corrected chi connectivity index (χ4v) is 4.35. The van der Waals surface area contributed by atoms with Gasteiger partial charge in [0.25, 0.3) is 0 Å². The molecule has 1 aromatic carbocycles. The number of carbonyl (C=O) groups is 2. The molecule has 2 aromatic rings. The maximum atomic E-state index is 11.1. The molecule has 1 aromatic heterocycles. The minimum absolute atomic E-state index is 0.0709. The second kappa shape index (κ2) is 10.4. The van der Waals surface area contributed by atoms with Crippen LogP contribution >= 0.6 is 35.0 Å². The summed E-state index contributed by atoms with van der Waals surface area (Å²) < 4.78 is 31.7. The van der Waals surface area contributed by atoms with Crippen molar-refractivity contribution in [3.8, 4) is 0 Å². The molecular weight excluding hydrogens is 470 g/mol. The quantitative estimate of drug-likeness (QED) is 0.540. The second-order valence-electron chi connectivity index (χ2n) is 6.37. The van der Waals surface area contributed by atoms with Crippen molar-refractivity contribution < 1.29 is 33.0 Å². The molecule has 1 saturated carbocycles. The number of thioether (sulfide) groups is 1. The molecule has 1 heterocycles. The number of H-pyrrole nitrogens is 1. The summed E-state index contributed by atoms with van der Waals surface area (Å²) in [5.74, 6) is -3.31. The van der Waals surface area contributed by atoms with Crippen molar-refractivity contribution in [3.63, 3.8) is 0 Å². The molecule has 0 spiro atoms. The van der Waals surface area contributed by atoms with Crippen LogP contribution in [0, 0.1) is 0 Å². The number of nitrogens with zero attached hydrogens (tertiary/aromatic N) is 2. The molecule has 3 N–H and O–H groups in total. The molecule has 0 bridgehead atoms. The van der Waals surface area contributed by atoms with Gasteiger partial charge in [-0.15, -0.1) is 5.10 Å². The van der Waals surface area contributed by atoms with E-state index in [4.69, 9.17) is 38.2 Å². The summed E-state index contributed by atoms with van der Waals surface area (Å²) in [7, 11) is 0. The van der Waals surface area contributed by atoms with Gasteiger partial charge in [-0.3, -0.25) is 5.10 Å². The Morgan fingerprint density at radius 2 is 1.70 bits per heavy atom. The molecular formula is C17H16Cl2F3N3O4S. The third-order valence-electron chi connectivity index (χ3n) is 4.34. The van der Waals surface area contributed by atoms with Crippen molar-refractivity contribution in [3.05, 3.63) is 39.5 Å². The van der Waals surface area contributed by atoms with Crippen LogP contribution in [0.3, 0.4) is 0 Å². The van der Waals surface area contributed by atoms with Gasteiger partial charge in [0.2, 0.25) is 0 Å². The number of carboxylic acid groups (broad SMARTS) is 2. The summed E-state index contributed by atoms with van der Waals surface area (Å²) in [5.41, 5.74) is 1.29. The largest absolute Gasteiger partial charge is 0.490 e. The Morgan fingerprint density at radius 1 is 1.10 bits per heavy atom. The van der Waals surface area contributed by atoms with Crippen LogP contribution in [0.25, 0.3) is 0 Å². The van der Waals surface area contributed by atoms with Gasteiger partial charge in [-0.25, -0.2) is 9.59 Å². The van der Waals surface area contributed by atoms with E-state index >= 15 is 0 Å². The highest BCUT2D eigenvalue weighted by atomic mass is 35.5. The topological polar surface area (TPSA) is 116 Å². The first-order valence-electron chi connectivity index (χ1n) is 8.55. The lowest BCUT2D eigenvalue weighted by molar-refractivity contribution is -0.192. The number of aromatic amines is 1. The van der Waals surface area contributed by atoms with Crippen molar-refractivity contribution in [2.24, 2.45) is 0 Å². The molecule has 7 nitrogen and oxygen atoms in total. The molecule has 0 aliphatic heterocycles. The van der Waals surface area contributed by atoms with Crippen LogP contribution in [0.4, 0.5) is 13.2 Å². The van der Waals surface area contributed by atoms with Gasteiger partial charge in [0.05, 0.1) is 10.0 Å². The number of carboxylic acids is 2. The van der Waals surface area contributed by atoms with Gasteiger partial charge < -0.3 is 10.2 Å². The van der Waals surface area contributed by atoms with Crippen LogP contribution in [-0.2, 0) is 4.79 Å². The van der Waals surface area contributed by atoms with Crippen LogP contribution < -0.4 is 0 Å². The van der Waals surface area contributed by atoms with E-state index in [2.05, 4.69) is 15.4 Å². The maximum Gasteiger partial charge on any atom is 0.490 e. The van der Waals surface area contributed by atoms with Crippen molar-refractivity contribution >= 4 is 46.9 Å². The van der Waals surface area contributed by atoms with E-state index in [9.17, 15) is 18.0 Å². The number of aromatic carboxylic acids is 1. The fraction of sp³-hybridized carbons (Fsp3) is 0.412. The predicted molar refractivity (Wildman–Crippen MR) is 104 cm³/mol. The highest BCUT2D eigenvalue weighted by molar-refractivity contribution is 7.99. The van der Waals surface area contributed by atoms with Gasteiger partial charge in [0.1, 0.15) is 0 Å². The molecule has 30 heavy (non-hydrogen) atoms. The van der Waals surface area contributed by atoms with Crippen molar-refractivity contribution in [2.75, 3.05) is 0 Å². The van der Waals surface area contributed by atoms with Crippen LogP contribution in [0.5, 0.6) is 0 Å². The lowest BCUT2D eigenvalue weighted by Gasteiger charge is -2.28. The van der Waals surface area contributed by atoms with Gasteiger partial charge in [-0.1, -0.05) is 46.2 Å². The first-order chi connectivity index (χ1) is 14.0. The van der Waals surface area contributed by atoms with Crippen molar-refractivity contribution in [1.82, 2.24) is 15.4 Å². The first-order valence-corrected chi connectivity index (χ1v) is 10.2. The van der Waals surface area contributed by atoms with E-state index in [1.54, 1.807) is 0 Å². The van der Waals surface area contributed by atoms with Crippen LogP contribution in [0.2, 0.25) is 10.0 Å². The third kappa shape index (κ3) is 6.78. The number of halogens is 5. The smallest absolute Gasteiger partial charge is 0.476 e. The summed E-state index contributed by atoms with van der Waals surface area (Å²) in [6, 6.07) is 5.82. The molecule has 0 atom stereocenters. The fourth-order valence-electron chi connectivity index (χ4n) is 2.88. The van der Waals surface area contributed by atoms with Crippen LogP contribution in [-0.4, -0.2) is 49.0 Å². The summed E-state index contributed by atoms with van der Waals surface area (Å²) >= 11 is 13.6. The van der Waals surface area contributed by atoms with E-state index < -0.39 is 18.1 Å². The minimum atomic E-state index is -5.08. The summed E-state index contributed by atoms with van der Waals surface area (Å²) in [6.45, 7) is 0. The van der Waals surface area contributed by atoms with E-state index in [1.165, 1.54) is 17.3 Å². The second-order valence-corrected chi connectivity index (χ2v) is 8.47. The zero-order valence-corrected chi connectivity index (χ0v) is 17.4. The number of hydrogen-bond donors (Lipinski definition) is 3. The number of rotatable bonds is 4. The number of aromatic nitrogens is 3. The summed E-state index contributed by atoms with van der Waals surface area (Å²) in [4.78, 5) is 20.0. The summed E-state index contributed by atoms with van der Waals surface area (Å²) in [5, 5.41) is 28.1. The Balaban J connectivity index is 0.000000396. The normalized spacial score (nSPS) is 19.0. The average molecular weight is 486 g/mol. The average Bonchev–Trinajstić information content (AvgIpc) is 3.13. The SMILES string of the molecule is O=C(O)C(F)(F)F.O=C(O)c1[nH]nnc1S[C@H]1CC[C@@H](c2ccc(Cl)c(Cl)c2)CC1. The van der Waals surface area contributed by atoms with Crippen LogP contribution in [0.1, 0.15) is 47.7 Å². The molecule has 13 heteroatoms. The maximum absolute atomic E-state index is 11.1. The monoisotopic (exact) mass is 485 g/mol. The predicted octanol–water partition coefficient (Wildman–Crippen LogP) is 5.26. The Hall–Kier alpha value is -1.98. The van der Waals surface area contributed by atoms with Crippen molar-refractivity contribution in [2.45, 2.75) is 48.1 Å². The number of nitrogens with one attached hydrogen (secondary N) is 1. The number of benzene rings is 1. The highest BCUT2D eigenvalue weighted by Gasteiger charge is 2.38. The third-order valence-corrected chi connectivity index (χ3v) is 6.39. The number of aliphatic carboxylic acids is 1. The Kier molecular flexibility index (Phi) is 8.39. The van der Waals surface area contributed by atoms with Crippen molar-refractivity contribution in [1.29, 1.82) is 0 Å². The molecule has 1 fully saturated rings.